The highest BCUT2D eigenvalue weighted by atomic mass is 16.5. The number of nitrogens with one attached hydrogen (secondary N) is 1. The zero-order chi connectivity index (χ0) is 14.9. The number of carbonyl (C=O) groups is 1. The number of methoxy groups -OCH3 is 1. The number of nitrogens with two attached hydrogens (primary N) is 1. The molecule has 0 bridgehead atoms. The van der Waals surface area contributed by atoms with Gasteiger partial charge in [0.05, 0.1) is 12.8 Å². The number of amides is 1. The van der Waals surface area contributed by atoms with Crippen molar-refractivity contribution in [2.24, 2.45) is 5.73 Å². The van der Waals surface area contributed by atoms with Gasteiger partial charge in [0.2, 0.25) is 5.91 Å². The molecule has 5 nitrogen and oxygen atoms in total. The summed E-state index contributed by atoms with van der Waals surface area (Å²) in [5.41, 5.74) is 5.94. The molecule has 0 spiro atoms. The lowest BCUT2D eigenvalue weighted by Gasteiger charge is -2.43. The smallest absolute Gasteiger partial charge is 0.243 e. The van der Waals surface area contributed by atoms with Gasteiger partial charge in [-0.3, -0.25) is 4.79 Å². The lowest BCUT2D eigenvalue weighted by atomic mass is 9.82. The van der Waals surface area contributed by atoms with Gasteiger partial charge < -0.3 is 20.7 Å². The van der Waals surface area contributed by atoms with E-state index in [9.17, 15) is 4.79 Å². The van der Waals surface area contributed by atoms with E-state index in [1.807, 2.05) is 24.3 Å². The van der Waals surface area contributed by atoms with E-state index >= 15 is 0 Å². The van der Waals surface area contributed by atoms with Crippen LogP contribution in [0.3, 0.4) is 0 Å². The Morgan fingerprint density at radius 2 is 2.24 bits per heavy atom. The van der Waals surface area contributed by atoms with E-state index in [-0.39, 0.29) is 5.91 Å². The molecule has 5 heteroatoms. The van der Waals surface area contributed by atoms with E-state index in [0.29, 0.717) is 6.04 Å². The third-order valence-electron chi connectivity index (χ3n) is 4.86. The molecule has 2 aliphatic heterocycles. The molecule has 0 aromatic heterocycles. The first-order valence-corrected chi connectivity index (χ1v) is 7.60. The molecule has 2 aliphatic rings. The maximum absolute atomic E-state index is 12.2. The second kappa shape index (κ2) is 5.56. The summed E-state index contributed by atoms with van der Waals surface area (Å²) in [6.45, 7) is 2.07. The zero-order valence-electron chi connectivity index (χ0n) is 12.5. The molecule has 2 fully saturated rings. The second-order valence-electron chi connectivity index (χ2n) is 6.06. The number of carbonyl (C=O) groups excluding carboxylic acids is 1. The topological polar surface area (TPSA) is 67.6 Å². The summed E-state index contributed by atoms with van der Waals surface area (Å²) in [5.74, 6) is 0.479. The Morgan fingerprint density at radius 1 is 1.43 bits per heavy atom. The minimum atomic E-state index is -0.667. The third-order valence-corrected chi connectivity index (χ3v) is 4.86. The Kier molecular flexibility index (Phi) is 3.76. The van der Waals surface area contributed by atoms with Gasteiger partial charge in [0.25, 0.3) is 0 Å². The predicted octanol–water partition coefficient (Wildman–Crippen LogP) is 1.59. The summed E-state index contributed by atoms with van der Waals surface area (Å²) in [6, 6.07) is 8.14. The van der Waals surface area contributed by atoms with E-state index in [1.165, 1.54) is 6.42 Å². The Bertz CT molecular complexity index is 534. The van der Waals surface area contributed by atoms with Crippen molar-refractivity contribution in [3.05, 3.63) is 24.3 Å². The molecule has 0 aliphatic carbocycles. The third kappa shape index (κ3) is 2.58. The van der Waals surface area contributed by atoms with Crippen LogP contribution in [0.5, 0.6) is 5.75 Å². The van der Waals surface area contributed by atoms with Crippen LogP contribution in [-0.4, -0.2) is 42.6 Å². The number of rotatable bonds is 4. The zero-order valence-corrected chi connectivity index (χ0v) is 12.5. The van der Waals surface area contributed by atoms with Gasteiger partial charge in [0, 0.05) is 12.6 Å². The summed E-state index contributed by atoms with van der Waals surface area (Å²) < 4.78 is 5.37. The molecule has 114 valence electrons. The second-order valence-corrected chi connectivity index (χ2v) is 6.06. The Hall–Kier alpha value is -1.75. The van der Waals surface area contributed by atoms with Crippen molar-refractivity contribution >= 4 is 11.6 Å². The fourth-order valence-electron chi connectivity index (χ4n) is 3.66. The van der Waals surface area contributed by atoms with Crippen LogP contribution in [0.1, 0.15) is 25.7 Å². The molecule has 2 unspecified atom stereocenters. The summed E-state index contributed by atoms with van der Waals surface area (Å²) >= 11 is 0. The Labute approximate surface area is 125 Å². The molecule has 1 aromatic carbocycles. The van der Waals surface area contributed by atoms with Crippen LogP contribution < -0.4 is 15.8 Å². The molecule has 3 N–H and O–H groups in total. The van der Waals surface area contributed by atoms with Gasteiger partial charge in [-0.1, -0.05) is 12.1 Å². The Balaban J connectivity index is 1.86. The number of fused-ring (bicyclic) bond motifs is 1. The van der Waals surface area contributed by atoms with Gasteiger partial charge in [-0.2, -0.15) is 0 Å². The number of benzene rings is 1. The highest BCUT2D eigenvalue weighted by Crippen LogP contribution is 2.37. The molecule has 0 radical (unpaired) electrons. The number of piperidine rings is 1. The fourth-order valence-corrected chi connectivity index (χ4v) is 3.66. The Morgan fingerprint density at radius 3 is 3.00 bits per heavy atom. The maximum Gasteiger partial charge on any atom is 0.243 e. The number of nitrogens with zero attached hydrogens (tertiary/aromatic N) is 1. The van der Waals surface area contributed by atoms with E-state index in [1.54, 1.807) is 7.11 Å². The average Bonchev–Trinajstić information content (AvgIpc) is 2.95. The number of para-hydroxylation sites is 2. The van der Waals surface area contributed by atoms with Crippen LogP contribution in [0, 0.1) is 0 Å². The molecule has 2 saturated heterocycles. The van der Waals surface area contributed by atoms with Gasteiger partial charge in [0.1, 0.15) is 11.3 Å². The minimum Gasteiger partial charge on any atom is -0.495 e. The van der Waals surface area contributed by atoms with Crippen LogP contribution in [-0.2, 0) is 4.79 Å². The number of ether oxygens (including phenoxy) is 1. The van der Waals surface area contributed by atoms with Crippen molar-refractivity contribution in [1.29, 1.82) is 0 Å². The number of hydrogen-bond acceptors (Lipinski definition) is 4. The van der Waals surface area contributed by atoms with Crippen molar-refractivity contribution < 1.29 is 9.53 Å². The highest BCUT2D eigenvalue weighted by molar-refractivity contribution is 5.88. The summed E-state index contributed by atoms with van der Waals surface area (Å²) in [7, 11) is 1.64. The largest absolute Gasteiger partial charge is 0.495 e. The predicted molar refractivity (Wildman–Crippen MR) is 82.4 cm³/mol. The lowest BCUT2D eigenvalue weighted by Crippen LogP contribution is -2.59. The number of hydrogen-bond donors (Lipinski definition) is 2. The standard InChI is InChI=1S/C16H23N3O2/c1-21-14-7-3-2-6-13(14)18-16(15(17)20)8-10-19-9-4-5-12(19)11-16/h2-3,6-7,12,18H,4-5,8-11H2,1H3,(H2,17,20). The van der Waals surface area contributed by atoms with Gasteiger partial charge >= 0.3 is 0 Å². The van der Waals surface area contributed by atoms with E-state index in [0.717, 1.165) is 43.8 Å². The van der Waals surface area contributed by atoms with Gasteiger partial charge in [-0.05, 0) is 44.4 Å². The van der Waals surface area contributed by atoms with Crippen molar-refractivity contribution in [1.82, 2.24) is 4.90 Å². The quantitative estimate of drug-likeness (QED) is 0.883. The van der Waals surface area contributed by atoms with Crippen molar-refractivity contribution in [3.63, 3.8) is 0 Å². The minimum absolute atomic E-state index is 0.264. The molecule has 2 atom stereocenters. The van der Waals surface area contributed by atoms with Crippen LogP contribution in [0.15, 0.2) is 24.3 Å². The first kappa shape index (κ1) is 14.2. The van der Waals surface area contributed by atoms with E-state index in [2.05, 4.69) is 10.2 Å². The molecule has 2 heterocycles. The lowest BCUT2D eigenvalue weighted by molar-refractivity contribution is -0.124. The molecule has 1 amide bonds. The van der Waals surface area contributed by atoms with Crippen molar-refractivity contribution in [2.75, 3.05) is 25.5 Å². The van der Waals surface area contributed by atoms with Crippen LogP contribution in [0.2, 0.25) is 0 Å². The van der Waals surface area contributed by atoms with Gasteiger partial charge in [-0.15, -0.1) is 0 Å². The number of primary amides is 1. The van der Waals surface area contributed by atoms with Crippen molar-refractivity contribution in [2.45, 2.75) is 37.3 Å². The van der Waals surface area contributed by atoms with Crippen LogP contribution in [0.25, 0.3) is 0 Å². The average molecular weight is 289 g/mol. The van der Waals surface area contributed by atoms with Crippen LogP contribution in [0.4, 0.5) is 5.69 Å². The molecule has 1 aromatic rings. The SMILES string of the molecule is COc1ccccc1NC1(C(N)=O)CCN2CCCC2C1. The molecule has 3 rings (SSSR count). The molecule has 0 saturated carbocycles. The number of anilines is 1. The first-order valence-electron chi connectivity index (χ1n) is 7.60. The monoisotopic (exact) mass is 289 g/mol. The fraction of sp³-hybridized carbons (Fsp3) is 0.562. The van der Waals surface area contributed by atoms with Crippen LogP contribution >= 0.6 is 0 Å². The highest BCUT2D eigenvalue weighted by Gasteiger charge is 2.45. The van der Waals surface area contributed by atoms with Gasteiger partial charge in [0.15, 0.2) is 0 Å². The van der Waals surface area contributed by atoms with E-state index in [4.69, 9.17) is 10.5 Å². The molecular formula is C16H23N3O2. The maximum atomic E-state index is 12.2. The molecular weight excluding hydrogens is 266 g/mol. The van der Waals surface area contributed by atoms with E-state index < -0.39 is 5.54 Å². The summed E-state index contributed by atoms with van der Waals surface area (Å²) in [4.78, 5) is 14.6. The summed E-state index contributed by atoms with van der Waals surface area (Å²) in [6.07, 6.45) is 3.90. The normalized spacial score (nSPS) is 28.9. The molecule has 21 heavy (non-hydrogen) atoms. The van der Waals surface area contributed by atoms with Crippen molar-refractivity contribution in [3.8, 4) is 5.75 Å². The van der Waals surface area contributed by atoms with Gasteiger partial charge in [-0.25, -0.2) is 0 Å². The summed E-state index contributed by atoms with van der Waals surface area (Å²) in [5, 5.41) is 3.40. The first-order chi connectivity index (χ1) is 10.1.